The van der Waals surface area contributed by atoms with Gasteiger partial charge in [0.15, 0.2) is 0 Å². The largest absolute Gasteiger partial charge is 0.310 e. The van der Waals surface area contributed by atoms with Crippen molar-refractivity contribution in [1.29, 1.82) is 0 Å². The second kappa shape index (κ2) is 10.8. The van der Waals surface area contributed by atoms with Gasteiger partial charge in [0.1, 0.15) is 0 Å². The predicted molar refractivity (Wildman–Crippen MR) is 210 cm³/mol. The molecule has 4 bridgehead atoms. The van der Waals surface area contributed by atoms with E-state index in [1.54, 1.807) is 5.56 Å². The van der Waals surface area contributed by atoms with Crippen LogP contribution in [-0.4, -0.2) is 4.57 Å². The molecule has 8 aromatic rings. The first-order valence-corrected chi connectivity index (χ1v) is 18.6. The zero-order chi connectivity index (χ0) is 32.8. The molecule has 0 aliphatic heterocycles. The zero-order valence-electron chi connectivity index (χ0n) is 28.3. The number of nitrogens with zero attached hydrogens (tertiary/aromatic N) is 2. The van der Waals surface area contributed by atoms with E-state index in [1.165, 1.54) is 105 Å². The lowest BCUT2D eigenvalue weighted by Crippen LogP contribution is -2.48. The maximum absolute atomic E-state index is 2.49. The number of aromatic nitrogens is 1. The average Bonchev–Trinajstić information content (AvgIpc) is 3.49. The van der Waals surface area contributed by atoms with E-state index in [-0.39, 0.29) is 0 Å². The standard InChI is InChI=1S/C48H40N2/c1-2-11-39(12-3-1)50-45-23-15-36-9-6-7-13-43(36)47(45)44-22-21-42(28-46(44)50)49(41-18-14-35-8-4-5-10-37(35)27-41)40-19-16-38(17-20-40)48-29-32-24-33(30-48)26-34(25-32)31-48/h1-23,27-28,32-34H,24-26,29-31H2. The molecule has 0 amide bonds. The lowest BCUT2D eigenvalue weighted by Gasteiger charge is -2.57. The summed E-state index contributed by atoms with van der Waals surface area (Å²) >= 11 is 0. The maximum atomic E-state index is 2.49. The Morgan fingerprint density at radius 2 is 1.06 bits per heavy atom. The van der Waals surface area contributed by atoms with Crippen molar-refractivity contribution >= 4 is 60.4 Å². The molecule has 12 rings (SSSR count). The average molecular weight is 645 g/mol. The van der Waals surface area contributed by atoms with Crippen LogP contribution < -0.4 is 4.90 Å². The van der Waals surface area contributed by atoms with E-state index in [0.717, 1.165) is 17.8 Å². The first kappa shape index (κ1) is 28.5. The predicted octanol–water partition coefficient (Wildman–Crippen LogP) is 13.0. The highest BCUT2D eigenvalue weighted by Gasteiger charge is 2.51. The Hall–Kier alpha value is -5.34. The summed E-state index contributed by atoms with van der Waals surface area (Å²) in [6.45, 7) is 0. The molecular formula is C48H40N2. The van der Waals surface area contributed by atoms with Crippen molar-refractivity contribution in [3.63, 3.8) is 0 Å². The zero-order valence-corrected chi connectivity index (χ0v) is 28.3. The highest BCUT2D eigenvalue weighted by atomic mass is 15.1. The summed E-state index contributed by atoms with van der Waals surface area (Å²) in [4.78, 5) is 2.47. The minimum Gasteiger partial charge on any atom is -0.310 e. The minimum atomic E-state index is 0.388. The molecular weight excluding hydrogens is 605 g/mol. The summed E-state index contributed by atoms with van der Waals surface area (Å²) < 4.78 is 2.45. The highest BCUT2D eigenvalue weighted by molar-refractivity contribution is 6.21. The first-order valence-electron chi connectivity index (χ1n) is 18.6. The van der Waals surface area contributed by atoms with Crippen LogP contribution in [0.2, 0.25) is 0 Å². The van der Waals surface area contributed by atoms with Crippen LogP contribution in [0.4, 0.5) is 17.1 Å². The molecule has 2 nitrogen and oxygen atoms in total. The molecule has 0 radical (unpaired) electrons. The second-order valence-electron chi connectivity index (χ2n) is 15.7. The lowest BCUT2D eigenvalue weighted by atomic mass is 9.48. The van der Waals surface area contributed by atoms with Gasteiger partial charge in [0, 0.05) is 33.5 Å². The van der Waals surface area contributed by atoms with Crippen LogP contribution >= 0.6 is 0 Å². The first-order chi connectivity index (χ1) is 24.7. The topological polar surface area (TPSA) is 8.17 Å². The summed E-state index contributed by atoms with van der Waals surface area (Å²) in [5.74, 6) is 2.82. The van der Waals surface area contributed by atoms with Crippen molar-refractivity contribution in [3.05, 3.63) is 157 Å². The van der Waals surface area contributed by atoms with Crippen molar-refractivity contribution in [3.8, 4) is 5.69 Å². The summed E-state index contributed by atoms with van der Waals surface area (Å²) in [7, 11) is 0. The van der Waals surface area contributed by atoms with E-state index in [4.69, 9.17) is 0 Å². The summed E-state index contributed by atoms with van der Waals surface area (Å²) in [5.41, 5.74) is 9.15. The van der Waals surface area contributed by atoms with Crippen LogP contribution in [0.5, 0.6) is 0 Å². The molecule has 0 spiro atoms. The molecule has 4 aliphatic carbocycles. The van der Waals surface area contributed by atoms with Crippen molar-refractivity contribution in [1.82, 2.24) is 4.57 Å². The van der Waals surface area contributed by atoms with E-state index in [0.29, 0.717) is 5.41 Å². The fourth-order valence-electron chi connectivity index (χ4n) is 11.0. The number of para-hydroxylation sites is 1. The molecule has 7 aromatic carbocycles. The molecule has 0 saturated heterocycles. The van der Waals surface area contributed by atoms with Crippen molar-refractivity contribution < 1.29 is 0 Å². The third-order valence-corrected chi connectivity index (χ3v) is 12.7. The number of hydrogen-bond donors (Lipinski definition) is 0. The molecule has 4 aliphatic rings. The third-order valence-electron chi connectivity index (χ3n) is 12.7. The Kier molecular flexibility index (Phi) is 6.17. The van der Waals surface area contributed by atoms with E-state index in [1.807, 2.05) is 0 Å². The van der Waals surface area contributed by atoms with Gasteiger partial charge in [-0.05, 0) is 143 Å². The normalized spacial score (nSPS) is 22.6. The number of benzene rings is 7. The quantitative estimate of drug-likeness (QED) is 0.181. The van der Waals surface area contributed by atoms with E-state index in [2.05, 4.69) is 161 Å². The minimum absolute atomic E-state index is 0.388. The fourth-order valence-corrected chi connectivity index (χ4v) is 11.0. The second-order valence-corrected chi connectivity index (χ2v) is 15.7. The summed E-state index contributed by atoms with van der Waals surface area (Å²) in [5, 5.41) is 7.67. The molecule has 50 heavy (non-hydrogen) atoms. The Morgan fingerprint density at radius 3 is 1.82 bits per heavy atom. The van der Waals surface area contributed by atoms with Gasteiger partial charge >= 0.3 is 0 Å². The monoisotopic (exact) mass is 644 g/mol. The molecule has 4 saturated carbocycles. The van der Waals surface area contributed by atoms with E-state index < -0.39 is 0 Å². The molecule has 0 N–H and O–H groups in total. The van der Waals surface area contributed by atoms with Gasteiger partial charge in [0.05, 0.1) is 11.0 Å². The highest BCUT2D eigenvalue weighted by Crippen LogP contribution is 2.61. The SMILES string of the molecule is c1ccc(-n2c3cc(N(c4ccc(C56CC7CC(CC(C7)C5)C6)cc4)c4ccc5ccccc5c4)ccc3c3c4ccccc4ccc32)cc1. The van der Waals surface area contributed by atoms with Gasteiger partial charge in [-0.3, -0.25) is 0 Å². The smallest absolute Gasteiger partial charge is 0.0562 e. The van der Waals surface area contributed by atoms with Gasteiger partial charge in [0.25, 0.3) is 0 Å². The number of rotatable bonds is 5. The fraction of sp³-hybridized carbons (Fsp3) is 0.208. The molecule has 1 aromatic heterocycles. The van der Waals surface area contributed by atoms with E-state index >= 15 is 0 Å². The van der Waals surface area contributed by atoms with Crippen LogP contribution in [0.1, 0.15) is 44.1 Å². The van der Waals surface area contributed by atoms with Gasteiger partial charge in [-0.15, -0.1) is 0 Å². The molecule has 242 valence electrons. The number of hydrogen-bond acceptors (Lipinski definition) is 1. The van der Waals surface area contributed by atoms with Gasteiger partial charge in [-0.1, -0.05) is 97.1 Å². The summed E-state index contributed by atoms with van der Waals surface area (Å²) in [6, 6.07) is 56.7. The Labute approximate surface area is 293 Å². The Balaban J connectivity index is 1.11. The Morgan fingerprint density at radius 1 is 0.460 bits per heavy atom. The van der Waals surface area contributed by atoms with Crippen LogP contribution in [-0.2, 0) is 5.41 Å². The van der Waals surface area contributed by atoms with Crippen LogP contribution in [0, 0.1) is 17.8 Å². The molecule has 1 heterocycles. The van der Waals surface area contributed by atoms with E-state index in [9.17, 15) is 0 Å². The van der Waals surface area contributed by atoms with Crippen molar-refractivity contribution in [2.45, 2.75) is 43.9 Å². The van der Waals surface area contributed by atoms with Gasteiger partial charge in [-0.25, -0.2) is 0 Å². The van der Waals surface area contributed by atoms with Crippen LogP contribution in [0.25, 0.3) is 49.0 Å². The van der Waals surface area contributed by atoms with Crippen molar-refractivity contribution in [2.75, 3.05) is 4.90 Å². The molecule has 4 fully saturated rings. The number of anilines is 3. The maximum Gasteiger partial charge on any atom is 0.0562 e. The third kappa shape index (κ3) is 4.34. The van der Waals surface area contributed by atoms with Crippen LogP contribution in [0.15, 0.2) is 152 Å². The molecule has 0 atom stereocenters. The summed E-state index contributed by atoms with van der Waals surface area (Å²) in [6.07, 6.45) is 8.60. The van der Waals surface area contributed by atoms with Gasteiger partial charge in [-0.2, -0.15) is 0 Å². The lowest BCUT2D eigenvalue weighted by molar-refractivity contribution is -0.00518. The number of fused-ring (bicyclic) bond motifs is 6. The van der Waals surface area contributed by atoms with Gasteiger partial charge in [0.2, 0.25) is 0 Å². The van der Waals surface area contributed by atoms with Gasteiger partial charge < -0.3 is 9.47 Å². The molecule has 2 heteroatoms. The van der Waals surface area contributed by atoms with Crippen molar-refractivity contribution in [2.24, 2.45) is 17.8 Å². The van der Waals surface area contributed by atoms with Crippen LogP contribution in [0.3, 0.4) is 0 Å². The Bertz CT molecular complexity index is 2540. The molecule has 0 unspecified atom stereocenters.